The molecule has 1 atom stereocenters. The number of hydrogen-bond donors (Lipinski definition) is 1. The maximum atomic E-state index is 9.14. The Morgan fingerprint density at radius 1 is 0.579 bits per heavy atom. The Morgan fingerprint density at radius 2 is 0.895 bits per heavy atom. The molecule has 19 heavy (non-hydrogen) atoms. The summed E-state index contributed by atoms with van der Waals surface area (Å²) in [5.41, 5.74) is 0. The number of aliphatic hydroxyl groups excluding tert-OH is 1. The molecule has 0 aromatic heterocycles. The molecule has 0 amide bonds. The summed E-state index contributed by atoms with van der Waals surface area (Å²) in [7, 11) is 0. The van der Waals surface area contributed by atoms with E-state index in [9.17, 15) is 0 Å². The lowest BCUT2D eigenvalue weighted by molar-refractivity contribution is 0.180. The van der Waals surface area contributed by atoms with E-state index in [1.54, 1.807) is 0 Å². The molecule has 0 saturated carbocycles. The van der Waals surface area contributed by atoms with Crippen LogP contribution in [0.5, 0.6) is 0 Å². The van der Waals surface area contributed by atoms with Gasteiger partial charge in [-0.15, -0.1) is 0 Å². The number of hydrogen-bond acceptors (Lipinski definition) is 1. The van der Waals surface area contributed by atoms with Gasteiger partial charge in [0.1, 0.15) is 0 Å². The van der Waals surface area contributed by atoms with Crippen molar-refractivity contribution in [3.05, 3.63) is 0 Å². The zero-order valence-corrected chi connectivity index (χ0v) is 13.6. The van der Waals surface area contributed by atoms with Crippen LogP contribution in [0.4, 0.5) is 0 Å². The molecule has 0 aromatic carbocycles. The molecule has 0 radical (unpaired) electrons. The summed E-state index contributed by atoms with van der Waals surface area (Å²) in [5, 5.41) is 9.14. The van der Waals surface area contributed by atoms with Gasteiger partial charge in [0.2, 0.25) is 0 Å². The van der Waals surface area contributed by atoms with Gasteiger partial charge in [0.25, 0.3) is 0 Å². The van der Waals surface area contributed by atoms with Gasteiger partial charge in [-0.2, -0.15) is 0 Å². The third-order valence-electron chi connectivity index (χ3n) is 3.98. The highest BCUT2D eigenvalue weighted by Gasteiger charge is 1.96. The highest BCUT2D eigenvalue weighted by atomic mass is 16.3. The van der Waals surface area contributed by atoms with Gasteiger partial charge in [-0.3, -0.25) is 0 Å². The largest absolute Gasteiger partial charge is 0.393 e. The molecule has 0 heterocycles. The van der Waals surface area contributed by atoms with E-state index in [1.807, 2.05) is 6.92 Å². The molecule has 0 aliphatic carbocycles. The van der Waals surface area contributed by atoms with E-state index >= 15 is 0 Å². The van der Waals surface area contributed by atoms with Crippen molar-refractivity contribution in [1.29, 1.82) is 0 Å². The molecule has 0 aromatic rings. The van der Waals surface area contributed by atoms with Crippen molar-refractivity contribution in [2.24, 2.45) is 0 Å². The lowest BCUT2D eigenvalue weighted by Crippen LogP contribution is -1.98. The van der Waals surface area contributed by atoms with Crippen LogP contribution in [-0.4, -0.2) is 11.2 Å². The van der Waals surface area contributed by atoms with E-state index in [4.69, 9.17) is 5.11 Å². The molecule has 1 nitrogen and oxygen atoms in total. The predicted molar refractivity (Wildman–Crippen MR) is 86.6 cm³/mol. The van der Waals surface area contributed by atoms with E-state index in [2.05, 4.69) is 6.92 Å². The van der Waals surface area contributed by atoms with Gasteiger partial charge in [-0.05, 0) is 13.3 Å². The minimum absolute atomic E-state index is 0.0997. The Balaban J connectivity index is 2.91. The first-order valence-electron chi connectivity index (χ1n) is 8.95. The van der Waals surface area contributed by atoms with Crippen LogP contribution in [0.2, 0.25) is 0 Å². The molecule has 116 valence electrons. The van der Waals surface area contributed by atoms with Crippen LogP contribution in [0.15, 0.2) is 0 Å². The van der Waals surface area contributed by atoms with Crippen molar-refractivity contribution in [1.82, 2.24) is 0 Å². The predicted octanol–water partition coefficient (Wildman–Crippen LogP) is 6.24. The normalized spacial score (nSPS) is 12.8. The van der Waals surface area contributed by atoms with Crippen molar-refractivity contribution in [3.63, 3.8) is 0 Å². The van der Waals surface area contributed by atoms with E-state index in [1.165, 1.54) is 89.9 Å². The molecule has 0 bridgehead atoms. The SMILES string of the molecule is CCCCCCCCCCCCCCCC[C@H](C)O. The molecule has 0 rings (SSSR count). The fourth-order valence-electron chi connectivity index (χ4n) is 2.63. The number of rotatable bonds is 15. The quantitative estimate of drug-likeness (QED) is 0.349. The lowest BCUT2D eigenvalue weighted by atomic mass is 10.0. The second-order valence-corrected chi connectivity index (χ2v) is 6.23. The fourth-order valence-corrected chi connectivity index (χ4v) is 2.63. The number of aliphatic hydroxyl groups is 1. The molecule has 0 spiro atoms. The first-order valence-corrected chi connectivity index (χ1v) is 8.95. The summed E-state index contributed by atoms with van der Waals surface area (Å²) in [6.07, 6.45) is 20.5. The summed E-state index contributed by atoms with van der Waals surface area (Å²) in [4.78, 5) is 0. The van der Waals surface area contributed by atoms with E-state index in [0.717, 1.165) is 6.42 Å². The van der Waals surface area contributed by atoms with E-state index < -0.39 is 0 Å². The lowest BCUT2D eigenvalue weighted by Gasteiger charge is -2.04. The summed E-state index contributed by atoms with van der Waals surface area (Å²) in [5.74, 6) is 0. The average Bonchev–Trinajstić information content (AvgIpc) is 2.39. The van der Waals surface area contributed by atoms with Crippen LogP contribution < -0.4 is 0 Å². The standard InChI is InChI=1S/C18H38O/c1-3-4-5-6-7-8-9-10-11-12-13-14-15-16-17-18(2)19/h18-19H,3-17H2,1-2H3/t18-/m0/s1. The van der Waals surface area contributed by atoms with Crippen LogP contribution in [-0.2, 0) is 0 Å². The van der Waals surface area contributed by atoms with Gasteiger partial charge >= 0.3 is 0 Å². The summed E-state index contributed by atoms with van der Waals surface area (Å²) in [6, 6.07) is 0. The summed E-state index contributed by atoms with van der Waals surface area (Å²) < 4.78 is 0. The second-order valence-electron chi connectivity index (χ2n) is 6.23. The van der Waals surface area contributed by atoms with Gasteiger partial charge in [0.15, 0.2) is 0 Å². The topological polar surface area (TPSA) is 20.2 Å². The molecule has 1 heteroatoms. The highest BCUT2D eigenvalue weighted by molar-refractivity contribution is 4.51. The van der Waals surface area contributed by atoms with Crippen molar-refractivity contribution < 1.29 is 5.11 Å². The van der Waals surface area contributed by atoms with Gasteiger partial charge < -0.3 is 5.11 Å². The summed E-state index contributed by atoms with van der Waals surface area (Å²) >= 11 is 0. The third-order valence-corrected chi connectivity index (χ3v) is 3.98. The van der Waals surface area contributed by atoms with Gasteiger partial charge in [0.05, 0.1) is 6.10 Å². The van der Waals surface area contributed by atoms with Crippen LogP contribution >= 0.6 is 0 Å². The maximum absolute atomic E-state index is 9.14. The Labute approximate surface area is 122 Å². The van der Waals surface area contributed by atoms with Gasteiger partial charge in [-0.1, -0.05) is 96.8 Å². The van der Waals surface area contributed by atoms with Gasteiger partial charge in [0, 0.05) is 0 Å². The Morgan fingerprint density at radius 3 is 1.21 bits per heavy atom. The maximum Gasteiger partial charge on any atom is 0.0512 e. The molecule has 0 saturated heterocycles. The second kappa shape index (κ2) is 16.0. The highest BCUT2D eigenvalue weighted by Crippen LogP contribution is 2.13. The summed E-state index contributed by atoms with van der Waals surface area (Å²) in [6.45, 7) is 4.17. The minimum atomic E-state index is -0.0997. The molecule has 0 aliphatic rings. The molecule has 0 aliphatic heterocycles. The molecule has 0 unspecified atom stereocenters. The van der Waals surface area contributed by atoms with Crippen LogP contribution in [0.3, 0.4) is 0 Å². The molecule has 0 fully saturated rings. The Bertz CT molecular complexity index is 154. The Kier molecular flexibility index (Phi) is 16.0. The molecular formula is C18H38O. The first kappa shape index (κ1) is 19.0. The smallest absolute Gasteiger partial charge is 0.0512 e. The van der Waals surface area contributed by atoms with Crippen LogP contribution in [0.1, 0.15) is 110 Å². The Hall–Kier alpha value is -0.0400. The van der Waals surface area contributed by atoms with Crippen molar-refractivity contribution in [2.45, 2.75) is 116 Å². The average molecular weight is 271 g/mol. The number of unbranched alkanes of at least 4 members (excludes halogenated alkanes) is 13. The zero-order chi connectivity index (χ0) is 14.2. The van der Waals surface area contributed by atoms with Crippen LogP contribution in [0.25, 0.3) is 0 Å². The first-order chi connectivity index (χ1) is 9.27. The minimum Gasteiger partial charge on any atom is -0.393 e. The van der Waals surface area contributed by atoms with E-state index in [-0.39, 0.29) is 6.10 Å². The monoisotopic (exact) mass is 270 g/mol. The molecular weight excluding hydrogens is 232 g/mol. The van der Waals surface area contributed by atoms with Gasteiger partial charge in [-0.25, -0.2) is 0 Å². The zero-order valence-electron chi connectivity index (χ0n) is 13.6. The fraction of sp³-hybridized carbons (Fsp3) is 1.00. The van der Waals surface area contributed by atoms with Crippen molar-refractivity contribution >= 4 is 0 Å². The van der Waals surface area contributed by atoms with Crippen LogP contribution in [0, 0.1) is 0 Å². The third kappa shape index (κ3) is 18.0. The van der Waals surface area contributed by atoms with E-state index in [0.29, 0.717) is 0 Å². The molecule has 1 N–H and O–H groups in total. The van der Waals surface area contributed by atoms with Crippen molar-refractivity contribution in [3.8, 4) is 0 Å². The van der Waals surface area contributed by atoms with Crippen molar-refractivity contribution in [2.75, 3.05) is 0 Å².